The van der Waals surface area contributed by atoms with Crippen LogP contribution in [0.5, 0.6) is 0 Å². The summed E-state index contributed by atoms with van der Waals surface area (Å²) in [6.07, 6.45) is 4.38. The lowest BCUT2D eigenvalue weighted by atomic mass is 10.1. The molecule has 1 aromatic carbocycles. The Labute approximate surface area is 154 Å². The van der Waals surface area contributed by atoms with Crippen molar-refractivity contribution in [3.05, 3.63) is 55.1 Å². The van der Waals surface area contributed by atoms with Gasteiger partial charge in [0.15, 0.2) is 0 Å². The zero-order valence-electron chi connectivity index (χ0n) is 15.1. The van der Waals surface area contributed by atoms with Gasteiger partial charge in [0, 0.05) is 31.9 Å². The molecule has 1 fully saturated rings. The molecule has 1 aliphatic heterocycles. The molecule has 2 N–H and O–H groups in total. The molecule has 1 aromatic rings. The van der Waals surface area contributed by atoms with Gasteiger partial charge in [-0.25, -0.2) is 0 Å². The van der Waals surface area contributed by atoms with Gasteiger partial charge in [-0.1, -0.05) is 24.3 Å². The molecule has 6 heteroatoms. The number of likely N-dealkylation sites (tertiary alicyclic amines) is 1. The van der Waals surface area contributed by atoms with Crippen LogP contribution in [0.2, 0.25) is 0 Å². The molecule has 140 valence electrons. The Morgan fingerprint density at radius 1 is 1.27 bits per heavy atom. The van der Waals surface area contributed by atoms with Crippen LogP contribution in [0.25, 0.3) is 0 Å². The largest absolute Gasteiger partial charge is 0.391 e. The van der Waals surface area contributed by atoms with Crippen LogP contribution in [0.3, 0.4) is 0 Å². The normalized spacial score (nSPS) is 16.7. The third-order valence-electron chi connectivity index (χ3n) is 4.32. The molecule has 0 radical (unpaired) electrons. The Balaban J connectivity index is 2.06. The molecule has 6 nitrogen and oxygen atoms in total. The van der Waals surface area contributed by atoms with E-state index in [1.807, 2.05) is 6.07 Å². The van der Waals surface area contributed by atoms with Crippen molar-refractivity contribution in [1.82, 2.24) is 9.80 Å². The highest BCUT2D eigenvalue weighted by atomic mass is 16.3. The van der Waals surface area contributed by atoms with Crippen LogP contribution in [0.1, 0.15) is 23.2 Å². The van der Waals surface area contributed by atoms with Crippen molar-refractivity contribution in [3.8, 4) is 0 Å². The highest BCUT2D eigenvalue weighted by Crippen LogP contribution is 2.20. The molecule has 1 heterocycles. The molecule has 0 aromatic heterocycles. The highest BCUT2D eigenvalue weighted by Gasteiger charge is 2.24. The molecule has 1 aliphatic rings. The van der Waals surface area contributed by atoms with Crippen LogP contribution in [0.4, 0.5) is 5.69 Å². The molecule has 0 spiro atoms. The fraction of sp³-hybridized carbons (Fsp3) is 0.400. The second kappa shape index (κ2) is 9.77. The first-order valence-corrected chi connectivity index (χ1v) is 8.86. The molecule has 1 unspecified atom stereocenters. The van der Waals surface area contributed by atoms with E-state index in [1.165, 1.54) is 0 Å². The van der Waals surface area contributed by atoms with E-state index in [-0.39, 0.29) is 18.4 Å². The molecule has 0 bridgehead atoms. The fourth-order valence-electron chi connectivity index (χ4n) is 3.01. The van der Waals surface area contributed by atoms with Crippen molar-refractivity contribution in [2.45, 2.75) is 18.9 Å². The van der Waals surface area contributed by atoms with E-state index in [1.54, 1.807) is 40.2 Å². The number of nitrogens with zero attached hydrogens (tertiary/aromatic N) is 2. The Hall–Kier alpha value is -2.60. The molecule has 0 aliphatic carbocycles. The van der Waals surface area contributed by atoms with Crippen LogP contribution in [0.15, 0.2) is 49.6 Å². The van der Waals surface area contributed by atoms with Gasteiger partial charge in [-0.05, 0) is 25.0 Å². The molecular weight excluding hydrogens is 330 g/mol. The average molecular weight is 357 g/mol. The summed E-state index contributed by atoms with van der Waals surface area (Å²) < 4.78 is 0. The lowest BCUT2D eigenvalue weighted by Crippen LogP contribution is -2.42. The molecule has 1 saturated heterocycles. The van der Waals surface area contributed by atoms with Gasteiger partial charge in [-0.2, -0.15) is 0 Å². The SMILES string of the molecule is C=CCN(CC=C)C(=O)CNc1ccccc1C(=O)N1CCCC(O)C1. The summed E-state index contributed by atoms with van der Waals surface area (Å²) in [5.41, 5.74) is 1.12. The predicted octanol–water partition coefficient (Wildman–Crippen LogP) is 1.90. The number of carbonyl (C=O) groups is 2. The highest BCUT2D eigenvalue weighted by molar-refractivity contribution is 6.00. The third kappa shape index (κ3) is 5.20. The number of hydrogen-bond acceptors (Lipinski definition) is 4. The number of rotatable bonds is 8. The number of hydrogen-bond donors (Lipinski definition) is 2. The molecule has 2 amide bonds. The number of carbonyl (C=O) groups excluding carboxylic acids is 2. The molecule has 0 saturated carbocycles. The standard InChI is InChI=1S/C20H27N3O3/c1-3-11-22(12-4-2)19(25)14-21-18-10-6-5-9-17(18)20(26)23-13-7-8-16(24)15-23/h3-6,9-10,16,21,24H,1-2,7-8,11-15H2. The zero-order chi connectivity index (χ0) is 18.9. The topological polar surface area (TPSA) is 72.9 Å². The summed E-state index contributed by atoms with van der Waals surface area (Å²) >= 11 is 0. The van der Waals surface area contributed by atoms with Crippen molar-refractivity contribution >= 4 is 17.5 Å². The number of para-hydroxylation sites is 1. The third-order valence-corrected chi connectivity index (χ3v) is 4.32. The first-order chi connectivity index (χ1) is 12.6. The number of aliphatic hydroxyl groups is 1. The van der Waals surface area contributed by atoms with Crippen molar-refractivity contribution in [2.75, 3.05) is 38.0 Å². The van der Waals surface area contributed by atoms with Crippen LogP contribution in [-0.4, -0.2) is 65.5 Å². The number of benzene rings is 1. The van der Waals surface area contributed by atoms with Crippen LogP contribution in [-0.2, 0) is 4.79 Å². The van der Waals surface area contributed by atoms with Gasteiger partial charge in [-0.3, -0.25) is 9.59 Å². The second-order valence-electron chi connectivity index (χ2n) is 6.32. The van der Waals surface area contributed by atoms with Crippen LogP contribution < -0.4 is 5.32 Å². The summed E-state index contributed by atoms with van der Waals surface area (Å²) in [5.74, 6) is -0.228. The van der Waals surface area contributed by atoms with E-state index in [4.69, 9.17) is 0 Å². The smallest absolute Gasteiger partial charge is 0.256 e. The number of amides is 2. The van der Waals surface area contributed by atoms with Gasteiger partial charge in [-0.15, -0.1) is 13.2 Å². The minimum atomic E-state index is -0.472. The number of nitrogens with one attached hydrogen (secondary N) is 1. The Morgan fingerprint density at radius 2 is 1.96 bits per heavy atom. The van der Waals surface area contributed by atoms with Gasteiger partial charge >= 0.3 is 0 Å². The number of β-amino-alcohol motifs (C(OH)–C–C–N with tert-alkyl or cyclic N) is 1. The maximum absolute atomic E-state index is 12.8. The van der Waals surface area contributed by atoms with Crippen molar-refractivity contribution in [3.63, 3.8) is 0 Å². The van der Waals surface area contributed by atoms with Crippen molar-refractivity contribution < 1.29 is 14.7 Å². The minimum Gasteiger partial charge on any atom is -0.391 e. The molecule has 26 heavy (non-hydrogen) atoms. The summed E-state index contributed by atoms with van der Waals surface area (Å²) in [6, 6.07) is 7.13. The van der Waals surface area contributed by atoms with E-state index in [2.05, 4.69) is 18.5 Å². The monoisotopic (exact) mass is 357 g/mol. The van der Waals surface area contributed by atoms with Crippen LogP contribution >= 0.6 is 0 Å². The van der Waals surface area contributed by atoms with Gasteiger partial charge in [0.1, 0.15) is 0 Å². The zero-order valence-corrected chi connectivity index (χ0v) is 15.1. The molecule has 1 atom stereocenters. The lowest BCUT2D eigenvalue weighted by Gasteiger charge is -2.30. The fourth-order valence-corrected chi connectivity index (χ4v) is 3.01. The van der Waals surface area contributed by atoms with Gasteiger partial charge in [0.25, 0.3) is 5.91 Å². The van der Waals surface area contributed by atoms with E-state index >= 15 is 0 Å². The Kier molecular flexibility index (Phi) is 7.41. The number of aliphatic hydroxyl groups excluding tert-OH is 1. The quantitative estimate of drug-likeness (QED) is 0.697. The van der Waals surface area contributed by atoms with Gasteiger partial charge < -0.3 is 20.2 Å². The van der Waals surface area contributed by atoms with Crippen molar-refractivity contribution in [2.24, 2.45) is 0 Å². The van der Waals surface area contributed by atoms with E-state index in [9.17, 15) is 14.7 Å². The first kappa shape index (κ1) is 19.7. The van der Waals surface area contributed by atoms with Gasteiger partial charge in [0.2, 0.25) is 5.91 Å². The Bertz CT molecular complexity index is 649. The summed E-state index contributed by atoms with van der Waals surface area (Å²) in [5, 5.41) is 12.9. The van der Waals surface area contributed by atoms with E-state index < -0.39 is 6.10 Å². The molecular formula is C20H27N3O3. The summed E-state index contributed by atoms with van der Waals surface area (Å²) in [7, 11) is 0. The van der Waals surface area contributed by atoms with Gasteiger partial charge in [0.05, 0.1) is 18.2 Å². The molecule has 2 rings (SSSR count). The van der Waals surface area contributed by atoms with E-state index in [0.717, 1.165) is 12.8 Å². The number of piperidine rings is 1. The maximum Gasteiger partial charge on any atom is 0.256 e. The maximum atomic E-state index is 12.8. The van der Waals surface area contributed by atoms with E-state index in [0.29, 0.717) is 37.4 Å². The lowest BCUT2D eigenvalue weighted by molar-refractivity contribution is -0.128. The second-order valence-corrected chi connectivity index (χ2v) is 6.32. The minimum absolute atomic E-state index is 0.0780. The predicted molar refractivity (Wildman–Crippen MR) is 103 cm³/mol. The summed E-state index contributed by atoms with van der Waals surface area (Å²) in [4.78, 5) is 28.5. The van der Waals surface area contributed by atoms with Crippen LogP contribution in [0, 0.1) is 0 Å². The summed E-state index contributed by atoms with van der Waals surface area (Å²) in [6.45, 7) is 9.26. The average Bonchev–Trinajstić information content (AvgIpc) is 2.65. The number of anilines is 1. The first-order valence-electron chi connectivity index (χ1n) is 8.86. The van der Waals surface area contributed by atoms with Crippen molar-refractivity contribution in [1.29, 1.82) is 0 Å². The Morgan fingerprint density at radius 3 is 2.62 bits per heavy atom.